The number of oxazole rings is 1. The molecular formula is C15H17NO4. The van der Waals surface area contributed by atoms with E-state index < -0.39 is 5.97 Å². The van der Waals surface area contributed by atoms with Gasteiger partial charge >= 0.3 is 11.9 Å². The van der Waals surface area contributed by atoms with Gasteiger partial charge in [0.15, 0.2) is 5.76 Å². The van der Waals surface area contributed by atoms with Crippen molar-refractivity contribution < 1.29 is 19.1 Å². The van der Waals surface area contributed by atoms with Crippen LogP contribution in [0.3, 0.4) is 0 Å². The van der Waals surface area contributed by atoms with Crippen LogP contribution in [0.25, 0.3) is 11.3 Å². The zero-order valence-corrected chi connectivity index (χ0v) is 11.9. The first-order valence-electron chi connectivity index (χ1n) is 6.21. The van der Waals surface area contributed by atoms with E-state index in [2.05, 4.69) is 25.8 Å². The highest BCUT2D eigenvalue weighted by atomic mass is 16.5. The van der Waals surface area contributed by atoms with Gasteiger partial charge in [-0.3, -0.25) is 0 Å². The van der Waals surface area contributed by atoms with Crippen molar-refractivity contribution in [2.24, 2.45) is 0 Å². The average Bonchev–Trinajstić information content (AvgIpc) is 2.86. The number of nitrogens with zero attached hydrogens (tertiary/aromatic N) is 1. The maximum atomic E-state index is 10.8. The van der Waals surface area contributed by atoms with Gasteiger partial charge in [-0.05, 0) is 23.1 Å². The van der Waals surface area contributed by atoms with E-state index in [0.29, 0.717) is 17.1 Å². The second kappa shape index (κ2) is 5.00. The summed E-state index contributed by atoms with van der Waals surface area (Å²) in [7, 11) is 1.56. The number of methoxy groups -OCH3 is 1. The molecule has 106 valence electrons. The van der Waals surface area contributed by atoms with Gasteiger partial charge in [0.2, 0.25) is 0 Å². The maximum Gasteiger partial charge on any atom is 0.392 e. The number of hydrogen-bond acceptors (Lipinski definition) is 4. The molecule has 0 amide bonds. The Hall–Kier alpha value is -2.30. The molecule has 1 aromatic heterocycles. The summed E-state index contributed by atoms with van der Waals surface area (Å²) in [5, 5.41) is 8.87. The van der Waals surface area contributed by atoms with Crippen LogP contribution in [0.5, 0.6) is 5.75 Å². The van der Waals surface area contributed by atoms with Crippen molar-refractivity contribution >= 4 is 5.97 Å². The van der Waals surface area contributed by atoms with E-state index >= 15 is 0 Å². The summed E-state index contributed by atoms with van der Waals surface area (Å²) in [6.07, 6.45) is 1.40. The van der Waals surface area contributed by atoms with Crippen LogP contribution in [-0.2, 0) is 5.41 Å². The fourth-order valence-electron chi connectivity index (χ4n) is 1.86. The van der Waals surface area contributed by atoms with Gasteiger partial charge < -0.3 is 14.3 Å². The number of aromatic nitrogens is 1. The Labute approximate surface area is 117 Å². The SMILES string of the molecule is COc1ccc(C(C)(C)C)cc1-c1cnc(C(=O)O)o1. The van der Waals surface area contributed by atoms with Gasteiger partial charge in [0.1, 0.15) is 5.75 Å². The molecule has 5 heteroatoms. The van der Waals surface area contributed by atoms with Crippen molar-refractivity contribution in [2.75, 3.05) is 7.11 Å². The molecule has 0 radical (unpaired) electrons. The van der Waals surface area contributed by atoms with E-state index in [1.54, 1.807) is 7.11 Å². The zero-order valence-electron chi connectivity index (χ0n) is 11.9. The Bertz CT molecular complexity index is 638. The highest BCUT2D eigenvalue weighted by Crippen LogP contribution is 2.34. The summed E-state index contributed by atoms with van der Waals surface area (Å²) in [5.74, 6) is -0.526. The molecule has 0 saturated carbocycles. The second-order valence-electron chi connectivity index (χ2n) is 5.50. The number of carboxylic acid groups (broad SMARTS) is 1. The zero-order chi connectivity index (χ0) is 14.9. The lowest BCUT2D eigenvalue weighted by Gasteiger charge is -2.20. The smallest absolute Gasteiger partial charge is 0.392 e. The normalized spacial score (nSPS) is 11.4. The fraction of sp³-hybridized carbons (Fsp3) is 0.333. The molecule has 0 saturated heterocycles. The molecule has 0 atom stereocenters. The van der Waals surface area contributed by atoms with Crippen molar-refractivity contribution in [1.82, 2.24) is 4.98 Å². The Balaban J connectivity index is 2.55. The second-order valence-corrected chi connectivity index (χ2v) is 5.50. The average molecular weight is 275 g/mol. The number of carbonyl (C=O) groups is 1. The Kier molecular flexibility index (Phi) is 3.53. The van der Waals surface area contributed by atoms with Gasteiger partial charge in [0, 0.05) is 0 Å². The van der Waals surface area contributed by atoms with E-state index in [4.69, 9.17) is 14.3 Å². The monoisotopic (exact) mass is 275 g/mol. The third-order valence-electron chi connectivity index (χ3n) is 3.02. The van der Waals surface area contributed by atoms with Gasteiger partial charge in [-0.25, -0.2) is 9.78 Å². The lowest BCUT2D eigenvalue weighted by Crippen LogP contribution is -2.11. The van der Waals surface area contributed by atoms with Gasteiger partial charge in [-0.15, -0.1) is 0 Å². The molecule has 2 rings (SSSR count). The third kappa shape index (κ3) is 2.66. The molecule has 0 fully saturated rings. The molecule has 20 heavy (non-hydrogen) atoms. The molecular weight excluding hydrogens is 258 g/mol. The number of rotatable bonds is 3. The summed E-state index contributed by atoms with van der Waals surface area (Å²) in [5.41, 5.74) is 1.76. The quantitative estimate of drug-likeness (QED) is 0.930. The highest BCUT2D eigenvalue weighted by Gasteiger charge is 2.19. The molecule has 0 spiro atoms. The minimum absolute atomic E-state index is 0.0311. The van der Waals surface area contributed by atoms with Crippen molar-refractivity contribution in [1.29, 1.82) is 0 Å². The molecule has 0 aliphatic carbocycles. The van der Waals surface area contributed by atoms with E-state index in [1.165, 1.54) is 6.20 Å². The Morgan fingerprint density at radius 3 is 2.55 bits per heavy atom. The number of carboxylic acids is 1. The Morgan fingerprint density at radius 1 is 1.35 bits per heavy atom. The lowest BCUT2D eigenvalue weighted by molar-refractivity contribution is 0.0654. The van der Waals surface area contributed by atoms with Crippen molar-refractivity contribution in [3.05, 3.63) is 35.9 Å². The van der Waals surface area contributed by atoms with E-state index in [9.17, 15) is 4.79 Å². The summed E-state index contributed by atoms with van der Waals surface area (Å²) in [4.78, 5) is 14.6. The topological polar surface area (TPSA) is 72.6 Å². The molecule has 5 nitrogen and oxygen atoms in total. The molecule has 0 unspecified atom stereocenters. The fourth-order valence-corrected chi connectivity index (χ4v) is 1.86. The van der Waals surface area contributed by atoms with E-state index in [0.717, 1.165) is 5.56 Å². The minimum atomic E-state index is -1.19. The third-order valence-corrected chi connectivity index (χ3v) is 3.02. The molecule has 2 aromatic rings. The molecule has 1 aromatic carbocycles. The van der Waals surface area contributed by atoms with Crippen LogP contribution in [-0.4, -0.2) is 23.2 Å². The minimum Gasteiger partial charge on any atom is -0.496 e. The van der Waals surface area contributed by atoms with Crippen LogP contribution in [0.15, 0.2) is 28.8 Å². The first kappa shape index (κ1) is 14.1. The molecule has 1 heterocycles. The van der Waals surface area contributed by atoms with Crippen molar-refractivity contribution in [2.45, 2.75) is 26.2 Å². The van der Waals surface area contributed by atoms with Gasteiger partial charge in [0.05, 0.1) is 18.9 Å². The predicted octanol–water partition coefficient (Wildman–Crippen LogP) is 3.35. The molecule has 1 N–H and O–H groups in total. The number of ether oxygens (including phenoxy) is 1. The van der Waals surface area contributed by atoms with Crippen molar-refractivity contribution in [3.8, 4) is 17.1 Å². The highest BCUT2D eigenvalue weighted by molar-refractivity contribution is 5.83. The summed E-state index contributed by atoms with van der Waals surface area (Å²) >= 11 is 0. The summed E-state index contributed by atoms with van der Waals surface area (Å²) < 4.78 is 10.6. The van der Waals surface area contributed by atoms with Crippen LogP contribution < -0.4 is 4.74 Å². The van der Waals surface area contributed by atoms with Gasteiger partial charge in [-0.1, -0.05) is 26.8 Å². The lowest BCUT2D eigenvalue weighted by atomic mass is 9.86. The van der Waals surface area contributed by atoms with Crippen molar-refractivity contribution in [3.63, 3.8) is 0 Å². The number of benzene rings is 1. The maximum absolute atomic E-state index is 10.8. The van der Waals surface area contributed by atoms with Crippen LogP contribution in [0, 0.1) is 0 Å². The van der Waals surface area contributed by atoms with Crippen LogP contribution >= 0.6 is 0 Å². The molecule has 0 aliphatic heterocycles. The van der Waals surface area contributed by atoms with Crippen LogP contribution in [0.1, 0.15) is 37.0 Å². The molecule has 0 bridgehead atoms. The first-order chi connectivity index (χ1) is 9.32. The largest absolute Gasteiger partial charge is 0.496 e. The van der Waals surface area contributed by atoms with E-state index in [1.807, 2.05) is 18.2 Å². The summed E-state index contributed by atoms with van der Waals surface area (Å²) in [6.45, 7) is 6.30. The van der Waals surface area contributed by atoms with Gasteiger partial charge in [0.25, 0.3) is 0 Å². The summed E-state index contributed by atoms with van der Waals surface area (Å²) in [6, 6.07) is 5.76. The van der Waals surface area contributed by atoms with Gasteiger partial charge in [-0.2, -0.15) is 0 Å². The van der Waals surface area contributed by atoms with Crippen LogP contribution in [0.2, 0.25) is 0 Å². The first-order valence-corrected chi connectivity index (χ1v) is 6.21. The van der Waals surface area contributed by atoms with Crippen LogP contribution in [0.4, 0.5) is 0 Å². The molecule has 0 aliphatic rings. The van der Waals surface area contributed by atoms with E-state index in [-0.39, 0.29) is 11.3 Å². The predicted molar refractivity (Wildman–Crippen MR) is 74.2 cm³/mol. The Morgan fingerprint density at radius 2 is 2.05 bits per heavy atom. The number of hydrogen-bond donors (Lipinski definition) is 1. The number of aromatic carboxylic acids is 1. The standard InChI is InChI=1S/C15H17NO4/c1-15(2,3)9-5-6-11(19-4)10(7-9)12-8-16-13(20-12)14(17)18/h5-8H,1-4H3,(H,17,18).